The van der Waals surface area contributed by atoms with Gasteiger partial charge in [0.25, 0.3) is 0 Å². The fourth-order valence-corrected chi connectivity index (χ4v) is 3.00. The molecule has 2 heteroatoms. The van der Waals surface area contributed by atoms with Crippen LogP contribution < -0.4 is 5.73 Å². The molecule has 0 amide bonds. The van der Waals surface area contributed by atoms with E-state index >= 15 is 0 Å². The summed E-state index contributed by atoms with van der Waals surface area (Å²) < 4.78 is 6.20. The second kappa shape index (κ2) is 5.31. The average Bonchev–Trinajstić information content (AvgIpc) is 2.22. The van der Waals surface area contributed by atoms with E-state index in [1.807, 2.05) is 0 Å². The lowest BCUT2D eigenvalue weighted by Crippen LogP contribution is -2.33. The van der Waals surface area contributed by atoms with Crippen molar-refractivity contribution in [3.63, 3.8) is 0 Å². The van der Waals surface area contributed by atoms with E-state index in [0.29, 0.717) is 18.2 Å². The van der Waals surface area contributed by atoms with E-state index in [1.165, 1.54) is 38.5 Å². The first kappa shape index (κ1) is 11.4. The predicted octanol–water partition coefficient (Wildman–Crippen LogP) is 2.85. The Labute approximate surface area is 93.6 Å². The largest absolute Gasteiger partial charge is 0.375 e. The normalized spacial score (nSPS) is 42.8. The van der Waals surface area contributed by atoms with Crippen LogP contribution in [-0.4, -0.2) is 18.2 Å². The summed E-state index contributed by atoms with van der Waals surface area (Å²) in [7, 11) is 0. The van der Waals surface area contributed by atoms with E-state index in [9.17, 15) is 0 Å². The van der Waals surface area contributed by atoms with Crippen molar-refractivity contribution in [2.75, 3.05) is 0 Å². The minimum atomic E-state index is 0.440. The molecular weight excluding hydrogens is 186 g/mol. The Morgan fingerprint density at radius 2 is 1.67 bits per heavy atom. The van der Waals surface area contributed by atoms with Gasteiger partial charge in [-0.3, -0.25) is 0 Å². The second-order valence-electron chi connectivity index (χ2n) is 5.57. The van der Waals surface area contributed by atoms with Gasteiger partial charge in [-0.25, -0.2) is 0 Å². The molecule has 0 aromatic carbocycles. The van der Waals surface area contributed by atoms with E-state index in [4.69, 9.17) is 10.5 Å². The van der Waals surface area contributed by atoms with E-state index in [0.717, 1.165) is 18.8 Å². The second-order valence-corrected chi connectivity index (χ2v) is 5.57. The molecule has 2 fully saturated rings. The molecule has 2 N–H and O–H groups in total. The van der Waals surface area contributed by atoms with Crippen LogP contribution in [0.4, 0.5) is 0 Å². The fraction of sp³-hybridized carbons (Fsp3) is 1.00. The molecule has 2 unspecified atom stereocenters. The van der Waals surface area contributed by atoms with Crippen molar-refractivity contribution in [1.82, 2.24) is 0 Å². The lowest BCUT2D eigenvalue weighted by atomic mass is 9.88. The third-order valence-electron chi connectivity index (χ3n) is 3.99. The molecule has 0 aromatic rings. The molecule has 2 saturated carbocycles. The van der Waals surface area contributed by atoms with Crippen LogP contribution in [0.2, 0.25) is 0 Å². The molecule has 2 atom stereocenters. The predicted molar refractivity (Wildman–Crippen MR) is 62.7 cm³/mol. The van der Waals surface area contributed by atoms with E-state index in [1.54, 1.807) is 0 Å². The maximum atomic E-state index is 6.20. The van der Waals surface area contributed by atoms with Gasteiger partial charge in [-0.05, 0) is 44.4 Å². The zero-order chi connectivity index (χ0) is 10.7. The topological polar surface area (TPSA) is 35.2 Å². The molecule has 2 rings (SSSR count). The van der Waals surface area contributed by atoms with Crippen LogP contribution in [0.15, 0.2) is 0 Å². The van der Waals surface area contributed by atoms with Crippen LogP contribution >= 0.6 is 0 Å². The minimum absolute atomic E-state index is 0.440. The third kappa shape index (κ3) is 3.46. The maximum Gasteiger partial charge on any atom is 0.0581 e. The van der Waals surface area contributed by atoms with Crippen LogP contribution in [0.5, 0.6) is 0 Å². The van der Waals surface area contributed by atoms with Gasteiger partial charge in [-0.2, -0.15) is 0 Å². The SMILES string of the molecule is CC1CCCC(OC2CCC(N)CC2)C1. The lowest BCUT2D eigenvalue weighted by molar-refractivity contribution is -0.0544. The molecule has 2 aliphatic rings. The number of rotatable bonds is 2. The number of ether oxygens (including phenoxy) is 1. The molecule has 0 spiro atoms. The minimum Gasteiger partial charge on any atom is -0.375 e. The monoisotopic (exact) mass is 211 g/mol. The fourth-order valence-electron chi connectivity index (χ4n) is 3.00. The number of hydrogen-bond acceptors (Lipinski definition) is 2. The Morgan fingerprint density at radius 3 is 2.33 bits per heavy atom. The first-order valence-electron chi connectivity index (χ1n) is 6.65. The van der Waals surface area contributed by atoms with E-state index in [2.05, 4.69) is 6.92 Å². The summed E-state index contributed by atoms with van der Waals surface area (Å²) in [5.74, 6) is 0.870. The van der Waals surface area contributed by atoms with Crippen molar-refractivity contribution >= 4 is 0 Å². The van der Waals surface area contributed by atoms with Gasteiger partial charge in [0.1, 0.15) is 0 Å². The molecule has 15 heavy (non-hydrogen) atoms. The molecule has 0 aliphatic heterocycles. The van der Waals surface area contributed by atoms with Gasteiger partial charge in [-0.1, -0.05) is 19.8 Å². The maximum absolute atomic E-state index is 6.20. The smallest absolute Gasteiger partial charge is 0.0581 e. The molecule has 0 aromatic heterocycles. The Bertz CT molecular complexity index is 187. The van der Waals surface area contributed by atoms with Gasteiger partial charge in [0.2, 0.25) is 0 Å². The first-order valence-corrected chi connectivity index (χ1v) is 6.65. The Kier molecular flexibility index (Phi) is 4.04. The standard InChI is InChI=1S/C13H25NO/c1-10-3-2-4-13(9-10)15-12-7-5-11(14)6-8-12/h10-13H,2-9,14H2,1H3. The molecule has 2 aliphatic carbocycles. The summed E-state index contributed by atoms with van der Waals surface area (Å²) in [4.78, 5) is 0. The van der Waals surface area contributed by atoms with Crippen LogP contribution in [0, 0.1) is 5.92 Å². The van der Waals surface area contributed by atoms with Crippen LogP contribution in [0.1, 0.15) is 58.3 Å². The molecule has 0 saturated heterocycles. The lowest BCUT2D eigenvalue weighted by Gasteiger charge is -2.33. The van der Waals surface area contributed by atoms with E-state index < -0.39 is 0 Å². The van der Waals surface area contributed by atoms with Gasteiger partial charge in [0.15, 0.2) is 0 Å². The van der Waals surface area contributed by atoms with Crippen LogP contribution in [0.25, 0.3) is 0 Å². The summed E-state index contributed by atoms with van der Waals surface area (Å²) in [5.41, 5.74) is 5.90. The summed E-state index contributed by atoms with van der Waals surface area (Å²) in [6.07, 6.45) is 11.1. The van der Waals surface area contributed by atoms with Crippen molar-refractivity contribution in [2.24, 2.45) is 11.7 Å². The molecular formula is C13H25NO. The van der Waals surface area contributed by atoms with Gasteiger partial charge in [0.05, 0.1) is 12.2 Å². The Balaban J connectivity index is 1.71. The van der Waals surface area contributed by atoms with Crippen molar-refractivity contribution in [3.05, 3.63) is 0 Å². The van der Waals surface area contributed by atoms with Gasteiger partial charge >= 0.3 is 0 Å². The summed E-state index contributed by atoms with van der Waals surface area (Å²) in [5, 5.41) is 0. The third-order valence-corrected chi connectivity index (χ3v) is 3.99. The highest BCUT2D eigenvalue weighted by Gasteiger charge is 2.25. The molecule has 2 nitrogen and oxygen atoms in total. The summed E-state index contributed by atoms with van der Waals surface area (Å²) in [6, 6.07) is 0.440. The average molecular weight is 211 g/mol. The Morgan fingerprint density at radius 1 is 0.933 bits per heavy atom. The molecule has 0 heterocycles. The van der Waals surface area contributed by atoms with Crippen molar-refractivity contribution in [1.29, 1.82) is 0 Å². The zero-order valence-corrected chi connectivity index (χ0v) is 9.95. The summed E-state index contributed by atoms with van der Waals surface area (Å²) in [6.45, 7) is 2.35. The first-order chi connectivity index (χ1) is 7.24. The molecule has 0 radical (unpaired) electrons. The van der Waals surface area contributed by atoms with Crippen LogP contribution in [0.3, 0.4) is 0 Å². The van der Waals surface area contributed by atoms with Gasteiger partial charge in [0, 0.05) is 6.04 Å². The molecule has 0 bridgehead atoms. The van der Waals surface area contributed by atoms with Crippen molar-refractivity contribution in [3.8, 4) is 0 Å². The van der Waals surface area contributed by atoms with Crippen LogP contribution in [-0.2, 0) is 4.74 Å². The highest BCUT2D eigenvalue weighted by molar-refractivity contribution is 4.77. The quantitative estimate of drug-likeness (QED) is 0.762. The zero-order valence-electron chi connectivity index (χ0n) is 9.95. The number of nitrogens with two attached hydrogens (primary N) is 1. The van der Waals surface area contributed by atoms with Crippen molar-refractivity contribution < 1.29 is 4.74 Å². The number of hydrogen-bond donors (Lipinski definition) is 1. The van der Waals surface area contributed by atoms with Gasteiger partial charge in [-0.15, -0.1) is 0 Å². The van der Waals surface area contributed by atoms with Crippen molar-refractivity contribution in [2.45, 2.75) is 76.5 Å². The molecule has 88 valence electrons. The summed E-state index contributed by atoms with van der Waals surface area (Å²) >= 11 is 0. The van der Waals surface area contributed by atoms with Gasteiger partial charge < -0.3 is 10.5 Å². The Hall–Kier alpha value is -0.0800. The highest BCUT2D eigenvalue weighted by Crippen LogP contribution is 2.29. The van der Waals surface area contributed by atoms with E-state index in [-0.39, 0.29) is 0 Å². The highest BCUT2D eigenvalue weighted by atomic mass is 16.5.